The average Bonchev–Trinajstić information content (AvgIpc) is 3.03. The minimum atomic E-state index is -4.71. The number of para-hydroxylation sites is 1. The molecule has 1 aromatic heterocycles. The number of hydrogen-bond acceptors (Lipinski definition) is 6. The van der Waals surface area contributed by atoms with Crippen LogP contribution in [0.25, 0.3) is 0 Å². The third kappa shape index (κ3) is 5.45. The number of benzene rings is 1. The molecule has 2 rings (SSSR count). The maximum atomic E-state index is 12.3. The molecule has 1 atom stereocenters. The van der Waals surface area contributed by atoms with Crippen molar-refractivity contribution in [1.82, 2.24) is 15.5 Å². The van der Waals surface area contributed by atoms with Crippen molar-refractivity contribution in [2.45, 2.75) is 25.6 Å². The summed E-state index contributed by atoms with van der Waals surface area (Å²) < 4.78 is 46.3. The molecule has 136 valence electrons. The number of ether oxygens (including phenoxy) is 1. The van der Waals surface area contributed by atoms with Crippen molar-refractivity contribution in [1.29, 1.82) is 0 Å². The number of rotatable bonds is 7. The second kappa shape index (κ2) is 7.97. The zero-order chi connectivity index (χ0) is 18.4. The van der Waals surface area contributed by atoms with E-state index in [9.17, 15) is 23.1 Å². The van der Waals surface area contributed by atoms with Crippen molar-refractivity contribution in [3.8, 4) is 5.75 Å². The summed E-state index contributed by atoms with van der Waals surface area (Å²) in [6, 6.07) is 7.11. The van der Waals surface area contributed by atoms with Gasteiger partial charge in [-0.1, -0.05) is 23.4 Å². The lowest BCUT2D eigenvalue weighted by Gasteiger charge is -2.13. The third-order valence-corrected chi connectivity index (χ3v) is 3.15. The lowest BCUT2D eigenvalue weighted by atomic mass is 10.2. The number of aryl methyl sites for hydroxylation is 1. The number of nitrogens with zero attached hydrogens (tertiary/aromatic N) is 2. The fraction of sp³-hybridized carbons (Fsp3) is 0.400. The molecule has 7 nitrogen and oxygen atoms in total. The van der Waals surface area contributed by atoms with E-state index in [0.29, 0.717) is 5.75 Å². The molecule has 0 bridgehead atoms. The van der Waals surface area contributed by atoms with Crippen molar-refractivity contribution in [3.05, 3.63) is 41.5 Å². The molecule has 0 fully saturated rings. The van der Waals surface area contributed by atoms with Crippen LogP contribution in [-0.2, 0) is 17.4 Å². The van der Waals surface area contributed by atoms with Gasteiger partial charge >= 0.3 is 12.1 Å². The molecule has 2 aromatic rings. The molecule has 1 amide bonds. The molecule has 0 saturated heterocycles. The Balaban J connectivity index is 1.74. The molecule has 0 radical (unpaired) electrons. The Bertz CT molecular complexity index is 718. The van der Waals surface area contributed by atoms with Gasteiger partial charge in [-0.2, -0.15) is 18.2 Å². The van der Waals surface area contributed by atoms with E-state index in [1.165, 1.54) is 0 Å². The number of aliphatic hydroxyl groups is 1. The predicted molar refractivity (Wildman–Crippen MR) is 78.7 cm³/mol. The van der Waals surface area contributed by atoms with E-state index < -0.39 is 24.1 Å². The van der Waals surface area contributed by atoms with Gasteiger partial charge in [0.25, 0.3) is 5.91 Å². The summed E-state index contributed by atoms with van der Waals surface area (Å²) in [7, 11) is 0. The summed E-state index contributed by atoms with van der Waals surface area (Å²) >= 11 is 0. The summed E-state index contributed by atoms with van der Waals surface area (Å²) in [5.41, 5.74) is 0.854. The zero-order valence-corrected chi connectivity index (χ0v) is 13.2. The fourth-order valence-corrected chi connectivity index (χ4v) is 1.85. The van der Waals surface area contributed by atoms with Crippen LogP contribution in [0.5, 0.6) is 5.75 Å². The summed E-state index contributed by atoms with van der Waals surface area (Å²) in [6.45, 7) is 1.51. The fourth-order valence-electron chi connectivity index (χ4n) is 1.85. The number of carbonyl (C=O) groups excluding carboxylic acids is 1. The van der Waals surface area contributed by atoms with Crippen LogP contribution in [0, 0.1) is 6.92 Å². The van der Waals surface area contributed by atoms with Crippen LogP contribution in [0.4, 0.5) is 13.2 Å². The van der Waals surface area contributed by atoms with Gasteiger partial charge in [-0.3, -0.25) is 4.79 Å². The Hall–Kier alpha value is -2.62. The molecule has 0 aliphatic rings. The SMILES string of the molecule is Cc1ccccc1OCC(O)C(=O)NCCc1noc(C(F)(F)F)n1. The second-order valence-corrected chi connectivity index (χ2v) is 5.15. The Morgan fingerprint density at radius 3 is 2.76 bits per heavy atom. The zero-order valence-electron chi connectivity index (χ0n) is 13.2. The van der Waals surface area contributed by atoms with Crippen molar-refractivity contribution in [2.24, 2.45) is 0 Å². The Labute approximate surface area is 140 Å². The number of carbonyl (C=O) groups is 1. The molecular formula is C15H16F3N3O4. The van der Waals surface area contributed by atoms with Gasteiger partial charge in [0.2, 0.25) is 0 Å². The molecule has 0 spiro atoms. The van der Waals surface area contributed by atoms with E-state index in [0.717, 1.165) is 5.56 Å². The Kier molecular flexibility index (Phi) is 5.97. The first kappa shape index (κ1) is 18.7. The highest BCUT2D eigenvalue weighted by molar-refractivity contribution is 5.80. The number of halogens is 3. The number of aliphatic hydroxyl groups excluding tert-OH is 1. The quantitative estimate of drug-likeness (QED) is 0.778. The van der Waals surface area contributed by atoms with Gasteiger partial charge in [0, 0.05) is 13.0 Å². The van der Waals surface area contributed by atoms with Crippen LogP contribution >= 0.6 is 0 Å². The molecule has 0 aliphatic heterocycles. The van der Waals surface area contributed by atoms with Crippen molar-refractivity contribution in [3.63, 3.8) is 0 Å². The van der Waals surface area contributed by atoms with Crippen molar-refractivity contribution in [2.75, 3.05) is 13.2 Å². The summed E-state index contributed by atoms with van der Waals surface area (Å²) in [5, 5.41) is 15.3. The van der Waals surface area contributed by atoms with Gasteiger partial charge in [0.05, 0.1) is 0 Å². The molecule has 0 saturated carbocycles. The Morgan fingerprint density at radius 2 is 2.12 bits per heavy atom. The lowest BCUT2D eigenvalue weighted by Crippen LogP contribution is -2.39. The standard InChI is InChI=1S/C15H16F3N3O4/c1-9-4-2-3-5-11(9)24-8-10(22)13(23)19-7-6-12-20-14(25-21-12)15(16,17)18/h2-5,10,22H,6-8H2,1H3,(H,19,23). The summed E-state index contributed by atoms with van der Waals surface area (Å²) in [4.78, 5) is 14.9. The van der Waals surface area contributed by atoms with E-state index in [2.05, 4.69) is 20.0 Å². The smallest absolute Gasteiger partial charge is 0.471 e. The van der Waals surface area contributed by atoms with E-state index in [4.69, 9.17) is 4.74 Å². The molecule has 0 aliphatic carbocycles. The van der Waals surface area contributed by atoms with Crippen LogP contribution in [0.2, 0.25) is 0 Å². The first-order chi connectivity index (χ1) is 11.8. The van der Waals surface area contributed by atoms with Crippen LogP contribution in [0.1, 0.15) is 17.3 Å². The molecule has 25 heavy (non-hydrogen) atoms. The van der Waals surface area contributed by atoms with Crippen LogP contribution in [0.3, 0.4) is 0 Å². The first-order valence-electron chi connectivity index (χ1n) is 7.31. The number of nitrogens with one attached hydrogen (secondary N) is 1. The summed E-state index contributed by atoms with van der Waals surface area (Å²) in [5.74, 6) is -1.81. The van der Waals surface area contributed by atoms with Gasteiger partial charge in [0.1, 0.15) is 12.4 Å². The molecule has 10 heteroatoms. The normalized spacial score (nSPS) is 12.7. The van der Waals surface area contributed by atoms with Gasteiger partial charge < -0.3 is 19.7 Å². The predicted octanol–water partition coefficient (Wildman–Crippen LogP) is 1.50. The van der Waals surface area contributed by atoms with Crippen LogP contribution in [-0.4, -0.2) is 40.4 Å². The van der Waals surface area contributed by atoms with E-state index in [-0.39, 0.29) is 25.4 Å². The second-order valence-electron chi connectivity index (χ2n) is 5.15. The molecule has 1 aromatic carbocycles. The Morgan fingerprint density at radius 1 is 1.40 bits per heavy atom. The van der Waals surface area contributed by atoms with Gasteiger partial charge in [-0.05, 0) is 18.6 Å². The van der Waals surface area contributed by atoms with Gasteiger partial charge in [-0.25, -0.2) is 0 Å². The van der Waals surface area contributed by atoms with Gasteiger partial charge in [0.15, 0.2) is 11.9 Å². The molecule has 1 heterocycles. The number of amides is 1. The van der Waals surface area contributed by atoms with Crippen LogP contribution < -0.4 is 10.1 Å². The van der Waals surface area contributed by atoms with Crippen LogP contribution in [0.15, 0.2) is 28.8 Å². The largest absolute Gasteiger partial charge is 0.490 e. The topological polar surface area (TPSA) is 97.5 Å². The van der Waals surface area contributed by atoms with Crippen molar-refractivity contribution >= 4 is 5.91 Å². The molecular weight excluding hydrogens is 343 g/mol. The van der Waals surface area contributed by atoms with E-state index in [1.54, 1.807) is 12.1 Å². The summed E-state index contributed by atoms with van der Waals surface area (Å²) in [6.07, 6.45) is -6.20. The first-order valence-corrected chi connectivity index (χ1v) is 7.31. The highest BCUT2D eigenvalue weighted by atomic mass is 19.4. The minimum absolute atomic E-state index is 0.0584. The van der Waals surface area contributed by atoms with Gasteiger partial charge in [-0.15, -0.1) is 0 Å². The highest BCUT2D eigenvalue weighted by Gasteiger charge is 2.38. The van der Waals surface area contributed by atoms with E-state index in [1.807, 2.05) is 19.1 Å². The van der Waals surface area contributed by atoms with Crippen molar-refractivity contribution < 1.29 is 32.3 Å². The number of alkyl halides is 3. The lowest BCUT2D eigenvalue weighted by molar-refractivity contribution is -0.159. The molecule has 1 unspecified atom stereocenters. The minimum Gasteiger partial charge on any atom is -0.490 e. The highest BCUT2D eigenvalue weighted by Crippen LogP contribution is 2.27. The number of hydrogen-bond donors (Lipinski definition) is 2. The maximum absolute atomic E-state index is 12.3. The maximum Gasteiger partial charge on any atom is 0.471 e. The molecule has 2 N–H and O–H groups in total. The third-order valence-electron chi connectivity index (χ3n) is 3.15. The number of aromatic nitrogens is 2. The monoisotopic (exact) mass is 359 g/mol. The van der Waals surface area contributed by atoms with E-state index >= 15 is 0 Å². The average molecular weight is 359 g/mol.